The van der Waals surface area contributed by atoms with E-state index in [4.69, 9.17) is 9.40 Å². The Bertz CT molecular complexity index is 1810. The molecule has 0 aliphatic rings. The molecule has 0 saturated heterocycles. The van der Waals surface area contributed by atoms with Gasteiger partial charge in [0.15, 0.2) is 5.78 Å². The summed E-state index contributed by atoms with van der Waals surface area (Å²) < 4.78 is 8.45. The summed E-state index contributed by atoms with van der Waals surface area (Å²) in [5.41, 5.74) is 2.77. The van der Waals surface area contributed by atoms with Crippen molar-refractivity contribution in [2.45, 2.75) is 53.4 Å². The van der Waals surface area contributed by atoms with Gasteiger partial charge in [-0.2, -0.15) is 11.3 Å². The second kappa shape index (κ2) is 13.1. The molecule has 0 fully saturated rings. The Morgan fingerprint density at radius 1 is 0.925 bits per heavy atom. The summed E-state index contributed by atoms with van der Waals surface area (Å²) in [5.74, 6) is 0.547. The van der Waals surface area contributed by atoms with Gasteiger partial charge in [0.25, 0.3) is 0 Å². The first kappa shape index (κ1) is 29.9. The zero-order valence-electron chi connectivity index (χ0n) is 23.3. The van der Waals surface area contributed by atoms with Gasteiger partial charge >= 0.3 is 0 Å². The van der Waals surface area contributed by atoms with Crippen LogP contribution in [0.4, 0.5) is 0 Å². The van der Waals surface area contributed by atoms with Crippen LogP contribution in [0.25, 0.3) is 53.0 Å². The molecule has 1 radical (unpaired) electrons. The molecule has 6 aromatic rings. The average Bonchev–Trinajstić information content (AvgIpc) is 3.27. The molecule has 3 aromatic heterocycles. The summed E-state index contributed by atoms with van der Waals surface area (Å²) in [6.45, 7) is 8.07. The van der Waals surface area contributed by atoms with Crippen LogP contribution in [0.3, 0.4) is 0 Å². The molecule has 0 aliphatic heterocycles. The number of aliphatic hydroxyl groups is 1. The van der Waals surface area contributed by atoms with Gasteiger partial charge < -0.3 is 9.52 Å². The number of fused-ring (bicyclic) bond motifs is 3. The predicted molar refractivity (Wildman–Crippen MR) is 165 cm³/mol. The fourth-order valence-corrected chi connectivity index (χ4v) is 6.43. The smallest absolute Gasteiger partial charge is 0.162 e. The van der Waals surface area contributed by atoms with E-state index in [2.05, 4.69) is 42.5 Å². The van der Waals surface area contributed by atoms with Gasteiger partial charge in [-0.15, -0.1) is 23.6 Å². The van der Waals surface area contributed by atoms with Crippen LogP contribution in [0, 0.1) is 17.9 Å². The number of benzene rings is 3. The van der Waals surface area contributed by atoms with Crippen molar-refractivity contribution in [3.63, 3.8) is 0 Å². The number of furan rings is 1. The number of hydrogen-bond acceptors (Lipinski definition) is 5. The summed E-state index contributed by atoms with van der Waals surface area (Å²) in [5, 5.41) is 15.4. The zero-order chi connectivity index (χ0) is 27.5. The summed E-state index contributed by atoms with van der Waals surface area (Å²) >= 11 is 1.77. The molecule has 0 atom stereocenters. The second-order valence-corrected chi connectivity index (χ2v) is 11.0. The minimum Gasteiger partial charge on any atom is -0.512 e. The van der Waals surface area contributed by atoms with Crippen LogP contribution in [-0.4, -0.2) is 15.9 Å². The van der Waals surface area contributed by atoms with Gasteiger partial charge in [0.2, 0.25) is 0 Å². The van der Waals surface area contributed by atoms with E-state index >= 15 is 0 Å². The largest absolute Gasteiger partial charge is 0.512 e. The maximum absolute atomic E-state index is 11.7. The van der Waals surface area contributed by atoms with E-state index in [0.29, 0.717) is 0 Å². The van der Waals surface area contributed by atoms with Gasteiger partial charge in [-0.1, -0.05) is 62.7 Å². The van der Waals surface area contributed by atoms with E-state index in [1.54, 1.807) is 11.3 Å². The quantitative estimate of drug-likeness (QED) is 0.101. The Morgan fingerprint density at radius 3 is 2.35 bits per heavy atom. The van der Waals surface area contributed by atoms with E-state index in [0.717, 1.165) is 63.9 Å². The third kappa shape index (κ3) is 5.72. The molecular weight excluding hydrogens is 695 g/mol. The van der Waals surface area contributed by atoms with Crippen LogP contribution >= 0.6 is 11.3 Å². The van der Waals surface area contributed by atoms with E-state index in [1.807, 2.05) is 52.1 Å². The van der Waals surface area contributed by atoms with Gasteiger partial charge in [-0.25, -0.2) is 0 Å². The number of ketones is 1. The average molecular weight is 729 g/mol. The predicted octanol–water partition coefficient (Wildman–Crippen LogP) is 10.2. The fourth-order valence-electron chi connectivity index (χ4n) is 5.31. The summed E-state index contributed by atoms with van der Waals surface area (Å²) in [4.78, 5) is 16.4. The maximum atomic E-state index is 11.7. The van der Waals surface area contributed by atoms with Gasteiger partial charge in [-0.05, 0) is 48.6 Å². The molecule has 0 unspecified atom stereocenters. The molecule has 0 spiro atoms. The minimum absolute atomic E-state index is 0. The number of aromatic nitrogens is 1. The van der Waals surface area contributed by atoms with Crippen molar-refractivity contribution in [1.29, 1.82) is 0 Å². The van der Waals surface area contributed by atoms with Gasteiger partial charge in [0.1, 0.15) is 11.2 Å². The van der Waals surface area contributed by atoms with Crippen LogP contribution < -0.4 is 0 Å². The summed E-state index contributed by atoms with van der Waals surface area (Å²) in [6, 6.07) is 22.4. The topological polar surface area (TPSA) is 63.3 Å². The number of nitrogens with zero attached hydrogens (tertiary/aromatic N) is 1. The van der Waals surface area contributed by atoms with Gasteiger partial charge in [-0.3, -0.25) is 9.78 Å². The van der Waals surface area contributed by atoms with Gasteiger partial charge in [0.05, 0.1) is 5.76 Å². The van der Waals surface area contributed by atoms with E-state index in [9.17, 15) is 9.90 Å². The third-order valence-corrected chi connectivity index (χ3v) is 8.76. The molecule has 0 saturated carbocycles. The van der Waals surface area contributed by atoms with Crippen molar-refractivity contribution in [1.82, 2.24) is 4.98 Å². The van der Waals surface area contributed by atoms with E-state index in [-0.39, 0.29) is 43.5 Å². The molecule has 6 heteroatoms. The molecule has 6 rings (SSSR count). The second-order valence-electron chi connectivity index (χ2n) is 9.96. The maximum Gasteiger partial charge on any atom is 0.162 e. The number of pyridine rings is 1. The standard InChI is InChI=1S/C21H10NOS.C13H24O2.Ir/c1-2-5-13-11-18-14(10-12(13)4-1)21-20-16(8-9-22-21)23-15-6-3-7-17(24-18)19(15)20;1-5-10(6-2)12(14)9-13(15)11(7-3)8-4;/h1-9,11H;9-11,14H,5-8H2,1-4H3;/q-1;;/b;12-9-;. The Kier molecular flexibility index (Phi) is 9.78. The SMILES string of the molecule is CCC(CC)C(=O)/C=C(\O)C(CC)CC.[Ir].[c-]1c2ccccc2cc2sc3cccc4oc5ccnc(c12)c5c43. The van der Waals surface area contributed by atoms with Gasteiger partial charge in [0, 0.05) is 65.2 Å². The Labute approximate surface area is 252 Å². The van der Waals surface area contributed by atoms with Crippen LogP contribution in [-0.2, 0) is 24.9 Å². The number of hydrogen-bond donors (Lipinski definition) is 1. The summed E-state index contributed by atoms with van der Waals surface area (Å²) in [7, 11) is 0. The fraction of sp³-hybridized carbons (Fsp3) is 0.294. The monoisotopic (exact) mass is 729 g/mol. The first-order chi connectivity index (χ1) is 19.0. The van der Waals surface area contributed by atoms with Crippen molar-refractivity contribution in [3.8, 4) is 0 Å². The Morgan fingerprint density at radius 2 is 1.62 bits per heavy atom. The first-order valence-electron chi connectivity index (χ1n) is 13.9. The molecule has 1 N–H and O–H groups in total. The number of carbonyl (C=O) groups is 1. The zero-order valence-corrected chi connectivity index (χ0v) is 26.5. The van der Waals surface area contributed by atoms with Crippen LogP contribution in [0.15, 0.2) is 77.0 Å². The van der Waals surface area contributed by atoms with Crippen molar-refractivity contribution in [2.75, 3.05) is 0 Å². The van der Waals surface area contributed by atoms with Crippen LogP contribution in [0.2, 0.25) is 0 Å². The molecule has 40 heavy (non-hydrogen) atoms. The minimum atomic E-state index is 0. The van der Waals surface area contributed by atoms with Crippen LogP contribution in [0.5, 0.6) is 0 Å². The van der Waals surface area contributed by atoms with Crippen molar-refractivity contribution < 1.29 is 34.4 Å². The molecule has 209 valence electrons. The summed E-state index contributed by atoms with van der Waals surface area (Å²) in [6.07, 6.45) is 6.73. The van der Waals surface area contributed by atoms with E-state index < -0.39 is 0 Å². The molecular formula is C34H34IrNO3S-. The van der Waals surface area contributed by atoms with Crippen molar-refractivity contribution in [2.24, 2.45) is 11.8 Å². The molecule has 3 aromatic carbocycles. The van der Waals surface area contributed by atoms with Crippen LogP contribution in [0.1, 0.15) is 53.4 Å². The Balaban J connectivity index is 0.000000204. The molecule has 4 nitrogen and oxygen atoms in total. The molecule has 0 amide bonds. The first-order valence-corrected chi connectivity index (χ1v) is 14.7. The molecule has 3 heterocycles. The van der Waals surface area contributed by atoms with Crippen molar-refractivity contribution >= 4 is 70.1 Å². The Hall–Kier alpha value is -3.05. The van der Waals surface area contributed by atoms with E-state index in [1.165, 1.54) is 20.9 Å². The number of aliphatic hydroxyl groups excluding tert-OH is 1. The number of rotatable bonds is 7. The number of carbonyl (C=O) groups excluding carboxylic acids is 1. The molecule has 0 aliphatic carbocycles. The van der Waals surface area contributed by atoms with Crippen molar-refractivity contribution in [3.05, 3.63) is 78.7 Å². The third-order valence-electron chi connectivity index (χ3n) is 7.66. The molecule has 0 bridgehead atoms. The number of allylic oxidation sites excluding steroid dienone is 2. The normalized spacial score (nSPS) is 12.0.